The molecule has 8 heteroatoms. The second kappa shape index (κ2) is 6.94. The summed E-state index contributed by atoms with van der Waals surface area (Å²) in [5.74, 6) is 5.82. The van der Waals surface area contributed by atoms with Crippen LogP contribution in [0.1, 0.15) is 19.4 Å². The van der Waals surface area contributed by atoms with Crippen molar-refractivity contribution in [1.29, 1.82) is 0 Å². The lowest BCUT2D eigenvalue weighted by molar-refractivity contribution is -0.137. The zero-order chi connectivity index (χ0) is 15.3. The van der Waals surface area contributed by atoms with Crippen LogP contribution in [-0.4, -0.2) is 12.5 Å². The summed E-state index contributed by atoms with van der Waals surface area (Å²) in [5, 5.41) is 2.72. The molecule has 0 aliphatic heterocycles. The van der Waals surface area contributed by atoms with Crippen LogP contribution in [0.5, 0.6) is 0 Å². The predicted octanol–water partition coefficient (Wildman–Crippen LogP) is 3.36. The Morgan fingerprint density at radius 3 is 2.50 bits per heavy atom. The van der Waals surface area contributed by atoms with Crippen LogP contribution in [0, 0.1) is 5.92 Å². The molecule has 0 radical (unpaired) electrons. The number of hydrogen-bond donors (Lipinski definition) is 3. The fourth-order valence-electron chi connectivity index (χ4n) is 1.36. The third kappa shape index (κ3) is 5.38. The van der Waals surface area contributed by atoms with E-state index in [9.17, 15) is 13.2 Å². The maximum atomic E-state index is 12.7. The number of aliphatic imine (C=N–C) groups is 1. The van der Waals surface area contributed by atoms with E-state index < -0.39 is 11.7 Å². The molecule has 0 aromatic heterocycles. The normalized spacial score (nSPS) is 12.7. The standard InChI is InChI=1S/C12H16BrF3N4/c1-7(2)6-18-11(20-17)19-10-4-8(12(14,15)16)3-9(13)5-10/h3-5,7H,6,17H2,1-2H3,(H2,18,19,20). The molecule has 4 N–H and O–H groups in total. The highest BCUT2D eigenvalue weighted by molar-refractivity contribution is 9.10. The van der Waals surface area contributed by atoms with Crippen LogP contribution in [0.2, 0.25) is 0 Å². The molecule has 0 bridgehead atoms. The van der Waals surface area contributed by atoms with Gasteiger partial charge < -0.3 is 5.32 Å². The summed E-state index contributed by atoms with van der Waals surface area (Å²) < 4.78 is 38.4. The minimum Gasteiger partial charge on any atom is -0.325 e. The SMILES string of the molecule is CC(C)CN=C(NN)Nc1cc(Br)cc(C(F)(F)F)c1. The highest BCUT2D eigenvalue weighted by atomic mass is 79.9. The smallest absolute Gasteiger partial charge is 0.325 e. The zero-order valence-electron chi connectivity index (χ0n) is 11.1. The van der Waals surface area contributed by atoms with Crippen molar-refractivity contribution < 1.29 is 13.2 Å². The number of nitrogens with zero attached hydrogens (tertiary/aromatic N) is 1. The molecule has 4 nitrogen and oxygen atoms in total. The molecule has 0 amide bonds. The Morgan fingerprint density at radius 1 is 1.35 bits per heavy atom. The molecular formula is C12H16BrF3N4. The molecule has 0 atom stereocenters. The van der Waals surface area contributed by atoms with Crippen LogP contribution in [0.4, 0.5) is 18.9 Å². The van der Waals surface area contributed by atoms with Crippen LogP contribution in [-0.2, 0) is 6.18 Å². The number of nitrogens with two attached hydrogens (primary N) is 1. The summed E-state index contributed by atoms with van der Waals surface area (Å²) in [6.07, 6.45) is -4.41. The van der Waals surface area contributed by atoms with Crippen LogP contribution in [0.25, 0.3) is 0 Å². The third-order valence-electron chi connectivity index (χ3n) is 2.24. The Hall–Kier alpha value is -1.28. The van der Waals surface area contributed by atoms with Crippen molar-refractivity contribution in [2.45, 2.75) is 20.0 Å². The van der Waals surface area contributed by atoms with E-state index in [0.29, 0.717) is 16.9 Å². The molecule has 0 fully saturated rings. The maximum Gasteiger partial charge on any atom is 0.416 e. The van der Waals surface area contributed by atoms with Gasteiger partial charge in [0.1, 0.15) is 0 Å². The third-order valence-corrected chi connectivity index (χ3v) is 2.70. The van der Waals surface area contributed by atoms with Gasteiger partial charge in [0.15, 0.2) is 0 Å². The molecule has 1 aromatic carbocycles. The molecule has 0 unspecified atom stereocenters. The van der Waals surface area contributed by atoms with Crippen LogP contribution < -0.4 is 16.6 Å². The summed E-state index contributed by atoms with van der Waals surface area (Å²) in [6.45, 7) is 4.45. The first-order valence-corrected chi connectivity index (χ1v) is 6.67. The molecule has 0 aliphatic rings. The van der Waals surface area contributed by atoms with Gasteiger partial charge in [-0.1, -0.05) is 29.8 Å². The molecule has 0 saturated carbocycles. The van der Waals surface area contributed by atoms with Gasteiger partial charge in [-0.25, -0.2) is 5.84 Å². The Morgan fingerprint density at radius 2 is 2.00 bits per heavy atom. The number of anilines is 1. The van der Waals surface area contributed by atoms with Crippen molar-refractivity contribution in [3.63, 3.8) is 0 Å². The van der Waals surface area contributed by atoms with E-state index in [2.05, 4.69) is 31.7 Å². The molecule has 0 heterocycles. The van der Waals surface area contributed by atoms with Crippen molar-refractivity contribution >= 4 is 27.6 Å². The Labute approximate surface area is 123 Å². The number of hydrogen-bond acceptors (Lipinski definition) is 2. The van der Waals surface area contributed by atoms with E-state index >= 15 is 0 Å². The first-order valence-electron chi connectivity index (χ1n) is 5.88. The number of rotatable bonds is 3. The molecule has 1 aromatic rings. The number of benzene rings is 1. The summed E-state index contributed by atoms with van der Waals surface area (Å²) in [4.78, 5) is 4.13. The van der Waals surface area contributed by atoms with Gasteiger partial charge in [0.2, 0.25) is 5.96 Å². The fourth-order valence-corrected chi connectivity index (χ4v) is 1.85. The van der Waals surface area contributed by atoms with Crippen LogP contribution in [0.15, 0.2) is 27.7 Å². The highest BCUT2D eigenvalue weighted by Gasteiger charge is 2.31. The topological polar surface area (TPSA) is 62.4 Å². The molecular weight excluding hydrogens is 337 g/mol. The largest absolute Gasteiger partial charge is 0.416 e. The van der Waals surface area contributed by atoms with E-state index in [1.165, 1.54) is 6.07 Å². The van der Waals surface area contributed by atoms with Gasteiger partial charge in [-0.2, -0.15) is 13.2 Å². The van der Waals surface area contributed by atoms with Crippen molar-refractivity contribution in [3.8, 4) is 0 Å². The summed E-state index contributed by atoms with van der Waals surface area (Å²) >= 11 is 3.05. The number of guanidine groups is 1. The van der Waals surface area contributed by atoms with Crippen LogP contribution >= 0.6 is 15.9 Å². The molecule has 112 valence electrons. The van der Waals surface area contributed by atoms with Gasteiger partial charge >= 0.3 is 6.18 Å². The minimum atomic E-state index is -4.41. The number of hydrazine groups is 1. The van der Waals surface area contributed by atoms with E-state index in [-0.39, 0.29) is 11.6 Å². The van der Waals surface area contributed by atoms with Crippen LogP contribution in [0.3, 0.4) is 0 Å². The second-order valence-corrected chi connectivity index (χ2v) is 5.49. The lowest BCUT2D eigenvalue weighted by atomic mass is 10.2. The van der Waals surface area contributed by atoms with E-state index in [1.807, 2.05) is 13.8 Å². The lowest BCUT2D eigenvalue weighted by Crippen LogP contribution is -2.36. The summed E-state index contributed by atoms with van der Waals surface area (Å²) in [6, 6.07) is 3.51. The monoisotopic (exact) mass is 352 g/mol. The predicted molar refractivity (Wildman–Crippen MR) is 77.2 cm³/mol. The molecule has 1 rings (SSSR count). The Bertz CT molecular complexity index is 486. The molecule has 0 aliphatic carbocycles. The van der Waals surface area contributed by atoms with Gasteiger partial charge in [-0.05, 0) is 24.1 Å². The van der Waals surface area contributed by atoms with E-state index in [4.69, 9.17) is 5.84 Å². The quantitative estimate of drug-likeness (QED) is 0.338. The minimum absolute atomic E-state index is 0.213. The van der Waals surface area contributed by atoms with Gasteiger partial charge in [-0.3, -0.25) is 10.4 Å². The molecule has 0 saturated heterocycles. The van der Waals surface area contributed by atoms with Gasteiger partial charge in [-0.15, -0.1) is 0 Å². The van der Waals surface area contributed by atoms with Crippen molar-refractivity contribution in [2.24, 2.45) is 16.8 Å². The second-order valence-electron chi connectivity index (χ2n) is 4.58. The van der Waals surface area contributed by atoms with Crippen molar-refractivity contribution in [3.05, 3.63) is 28.2 Å². The number of nitrogens with one attached hydrogen (secondary N) is 2. The lowest BCUT2D eigenvalue weighted by Gasteiger charge is -2.13. The summed E-state index contributed by atoms with van der Waals surface area (Å²) in [7, 11) is 0. The van der Waals surface area contributed by atoms with Crippen molar-refractivity contribution in [1.82, 2.24) is 5.43 Å². The first kappa shape index (κ1) is 16.8. The summed E-state index contributed by atoms with van der Waals surface area (Å²) in [5.41, 5.74) is 1.81. The van der Waals surface area contributed by atoms with E-state index in [1.54, 1.807) is 0 Å². The number of halogens is 4. The molecule has 0 spiro atoms. The number of alkyl halides is 3. The molecule has 20 heavy (non-hydrogen) atoms. The zero-order valence-corrected chi connectivity index (χ0v) is 12.6. The van der Waals surface area contributed by atoms with Gasteiger partial charge in [0, 0.05) is 16.7 Å². The van der Waals surface area contributed by atoms with Crippen molar-refractivity contribution in [2.75, 3.05) is 11.9 Å². The Kier molecular flexibility index (Phi) is 5.82. The average Bonchev–Trinajstić information content (AvgIpc) is 2.32. The van der Waals surface area contributed by atoms with Gasteiger partial charge in [0.05, 0.1) is 5.56 Å². The average molecular weight is 353 g/mol. The van der Waals surface area contributed by atoms with Gasteiger partial charge in [0.25, 0.3) is 0 Å². The van der Waals surface area contributed by atoms with E-state index in [0.717, 1.165) is 12.1 Å². The first-order chi connectivity index (χ1) is 9.22. The maximum absolute atomic E-state index is 12.7. The highest BCUT2D eigenvalue weighted by Crippen LogP contribution is 2.33. The Balaban J connectivity index is 2.96. The fraction of sp³-hybridized carbons (Fsp3) is 0.417.